The topological polar surface area (TPSA) is 87.7 Å². The van der Waals surface area contributed by atoms with E-state index in [4.69, 9.17) is 4.74 Å². The van der Waals surface area contributed by atoms with Crippen LogP contribution in [0.1, 0.15) is 18.1 Å². The molecule has 32 heavy (non-hydrogen) atoms. The molecule has 3 aromatic carbocycles. The number of hydrogen-bond donors (Lipinski definition) is 2. The second-order valence-corrected chi connectivity index (χ2v) is 7.43. The van der Waals surface area contributed by atoms with Gasteiger partial charge in [0.05, 0.1) is 6.61 Å². The molecule has 7 heteroatoms. The van der Waals surface area contributed by atoms with Gasteiger partial charge in [-0.2, -0.15) is 0 Å². The molecule has 0 saturated carbocycles. The predicted molar refractivity (Wildman–Crippen MR) is 123 cm³/mol. The number of fused-ring (bicyclic) bond motifs is 1. The molecule has 0 spiro atoms. The molecule has 0 atom stereocenters. The van der Waals surface area contributed by atoms with Crippen LogP contribution in [-0.2, 0) is 9.59 Å². The maximum atomic E-state index is 12.9. The lowest BCUT2D eigenvalue weighted by Crippen LogP contribution is -2.38. The van der Waals surface area contributed by atoms with E-state index in [0.29, 0.717) is 23.6 Å². The molecule has 4 amide bonds. The molecule has 2 N–H and O–H groups in total. The fraction of sp³-hybridized carbons (Fsp3) is 0.160. The Kier molecular flexibility index (Phi) is 5.89. The minimum absolute atomic E-state index is 0.0930. The highest BCUT2D eigenvalue weighted by Gasteiger charge is 2.35. The van der Waals surface area contributed by atoms with Gasteiger partial charge in [-0.25, -0.2) is 9.69 Å². The Morgan fingerprint density at radius 3 is 2.56 bits per heavy atom. The van der Waals surface area contributed by atoms with Crippen molar-refractivity contribution in [2.24, 2.45) is 0 Å². The molecule has 1 heterocycles. The Morgan fingerprint density at radius 1 is 1.06 bits per heavy atom. The highest BCUT2D eigenvalue weighted by atomic mass is 16.5. The fourth-order valence-electron chi connectivity index (χ4n) is 3.55. The smallest absolute Gasteiger partial charge is 0.329 e. The molecular formula is C25H23N3O4. The Labute approximate surface area is 185 Å². The second kappa shape index (κ2) is 8.93. The number of amides is 4. The highest BCUT2D eigenvalue weighted by Crippen LogP contribution is 2.31. The standard InChI is InChI=1S/C25H23N3O4/c1-3-32-22-13-10-17-6-4-5-7-19(17)20(22)14-21-24(30)28(25(31)27-21)15-23(29)26-18-11-8-16(2)9-12-18/h4-14H,3,15H2,1-2H3,(H,26,29)(H,27,31)/b21-14+. The minimum atomic E-state index is -0.640. The van der Waals surface area contributed by atoms with Crippen molar-refractivity contribution in [2.75, 3.05) is 18.5 Å². The SMILES string of the molecule is CCOc1ccc2ccccc2c1/C=C1/NC(=O)N(CC(=O)Nc2ccc(C)cc2)C1=O. The molecule has 1 fully saturated rings. The van der Waals surface area contributed by atoms with Crippen LogP contribution < -0.4 is 15.4 Å². The van der Waals surface area contributed by atoms with Crippen LogP contribution in [0.3, 0.4) is 0 Å². The summed E-state index contributed by atoms with van der Waals surface area (Å²) in [4.78, 5) is 38.6. The van der Waals surface area contributed by atoms with E-state index < -0.39 is 17.8 Å². The molecule has 0 aromatic heterocycles. The molecule has 0 radical (unpaired) electrons. The van der Waals surface area contributed by atoms with Crippen LogP contribution >= 0.6 is 0 Å². The number of aryl methyl sites for hydroxylation is 1. The average Bonchev–Trinajstić information content (AvgIpc) is 3.04. The first-order chi connectivity index (χ1) is 15.5. The third-order valence-corrected chi connectivity index (χ3v) is 5.12. The summed E-state index contributed by atoms with van der Waals surface area (Å²) in [6.45, 7) is 3.90. The zero-order chi connectivity index (χ0) is 22.7. The van der Waals surface area contributed by atoms with Gasteiger partial charge in [-0.15, -0.1) is 0 Å². The normalized spacial score (nSPS) is 14.7. The number of nitrogens with zero attached hydrogens (tertiary/aromatic N) is 1. The first kappa shape index (κ1) is 21.1. The van der Waals surface area contributed by atoms with E-state index in [9.17, 15) is 14.4 Å². The number of urea groups is 1. The summed E-state index contributed by atoms with van der Waals surface area (Å²) in [5, 5.41) is 7.15. The van der Waals surface area contributed by atoms with Crippen molar-refractivity contribution in [1.29, 1.82) is 0 Å². The van der Waals surface area contributed by atoms with Crippen molar-refractivity contribution in [3.05, 3.63) is 77.5 Å². The van der Waals surface area contributed by atoms with Crippen LogP contribution in [0.15, 0.2) is 66.4 Å². The third-order valence-electron chi connectivity index (χ3n) is 5.12. The molecule has 0 bridgehead atoms. The van der Waals surface area contributed by atoms with Crippen molar-refractivity contribution < 1.29 is 19.1 Å². The van der Waals surface area contributed by atoms with E-state index in [0.717, 1.165) is 21.2 Å². The van der Waals surface area contributed by atoms with Gasteiger partial charge in [0.25, 0.3) is 5.91 Å². The van der Waals surface area contributed by atoms with Crippen molar-refractivity contribution in [3.8, 4) is 5.75 Å². The molecule has 0 unspecified atom stereocenters. The van der Waals surface area contributed by atoms with Crippen LogP contribution in [0, 0.1) is 6.92 Å². The van der Waals surface area contributed by atoms with Gasteiger partial charge in [0, 0.05) is 11.3 Å². The summed E-state index contributed by atoms with van der Waals surface area (Å²) in [6.07, 6.45) is 1.60. The molecule has 162 valence electrons. The van der Waals surface area contributed by atoms with E-state index >= 15 is 0 Å². The van der Waals surface area contributed by atoms with Crippen LogP contribution in [-0.4, -0.2) is 35.9 Å². The van der Waals surface area contributed by atoms with Gasteiger partial charge in [0.1, 0.15) is 18.0 Å². The largest absolute Gasteiger partial charge is 0.493 e. The first-order valence-electron chi connectivity index (χ1n) is 10.3. The number of hydrogen-bond acceptors (Lipinski definition) is 4. The Hall–Kier alpha value is -4.13. The van der Waals surface area contributed by atoms with Gasteiger partial charge >= 0.3 is 6.03 Å². The second-order valence-electron chi connectivity index (χ2n) is 7.43. The first-order valence-corrected chi connectivity index (χ1v) is 10.3. The summed E-state index contributed by atoms with van der Waals surface area (Å²) >= 11 is 0. The summed E-state index contributed by atoms with van der Waals surface area (Å²) in [5.74, 6) is -0.417. The van der Waals surface area contributed by atoms with Gasteiger partial charge < -0.3 is 15.4 Å². The summed E-state index contributed by atoms with van der Waals surface area (Å²) < 4.78 is 5.74. The van der Waals surface area contributed by atoms with Gasteiger partial charge in [-0.1, -0.05) is 48.0 Å². The average molecular weight is 429 g/mol. The zero-order valence-corrected chi connectivity index (χ0v) is 17.8. The Balaban J connectivity index is 1.58. The number of benzene rings is 3. The van der Waals surface area contributed by atoms with E-state index in [-0.39, 0.29) is 12.2 Å². The maximum Gasteiger partial charge on any atom is 0.329 e. The molecule has 1 aliphatic heterocycles. The summed E-state index contributed by atoms with van der Waals surface area (Å²) in [6, 6.07) is 18.1. The predicted octanol–water partition coefficient (Wildman–Crippen LogP) is 4.08. The fourth-order valence-corrected chi connectivity index (χ4v) is 3.55. The quantitative estimate of drug-likeness (QED) is 0.457. The van der Waals surface area contributed by atoms with E-state index in [2.05, 4.69) is 10.6 Å². The Bertz CT molecular complexity index is 1230. The number of rotatable bonds is 6. The number of anilines is 1. The highest BCUT2D eigenvalue weighted by molar-refractivity contribution is 6.16. The summed E-state index contributed by atoms with van der Waals surface area (Å²) in [7, 11) is 0. The number of nitrogens with one attached hydrogen (secondary N) is 2. The molecule has 7 nitrogen and oxygen atoms in total. The number of carbonyl (C=O) groups is 3. The van der Waals surface area contributed by atoms with Crippen molar-refractivity contribution in [3.63, 3.8) is 0 Å². The van der Waals surface area contributed by atoms with Crippen molar-refractivity contribution >= 4 is 40.4 Å². The van der Waals surface area contributed by atoms with Crippen molar-refractivity contribution in [2.45, 2.75) is 13.8 Å². The molecule has 4 rings (SSSR count). The minimum Gasteiger partial charge on any atom is -0.493 e. The van der Waals surface area contributed by atoms with Crippen LogP contribution in [0.4, 0.5) is 10.5 Å². The van der Waals surface area contributed by atoms with E-state index in [1.165, 1.54) is 0 Å². The maximum absolute atomic E-state index is 12.9. The number of imide groups is 1. The van der Waals surface area contributed by atoms with E-state index in [1.54, 1.807) is 18.2 Å². The third kappa shape index (κ3) is 4.32. The lowest BCUT2D eigenvalue weighted by atomic mass is 10.0. The molecular weight excluding hydrogens is 406 g/mol. The van der Waals surface area contributed by atoms with Gasteiger partial charge in [-0.3, -0.25) is 9.59 Å². The van der Waals surface area contributed by atoms with E-state index in [1.807, 2.05) is 62.4 Å². The van der Waals surface area contributed by atoms with Gasteiger partial charge in [0.2, 0.25) is 5.91 Å². The molecule has 1 saturated heterocycles. The number of carbonyl (C=O) groups excluding carboxylic acids is 3. The molecule has 3 aromatic rings. The monoisotopic (exact) mass is 429 g/mol. The molecule has 0 aliphatic carbocycles. The van der Waals surface area contributed by atoms with Crippen LogP contribution in [0.2, 0.25) is 0 Å². The molecule has 1 aliphatic rings. The van der Waals surface area contributed by atoms with Gasteiger partial charge in [-0.05, 0) is 48.9 Å². The summed E-state index contributed by atoms with van der Waals surface area (Å²) in [5.41, 5.74) is 2.45. The lowest BCUT2D eigenvalue weighted by molar-refractivity contribution is -0.127. The van der Waals surface area contributed by atoms with Crippen LogP contribution in [0.25, 0.3) is 16.8 Å². The lowest BCUT2D eigenvalue weighted by Gasteiger charge is -2.12. The zero-order valence-electron chi connectivity index (χ0n) is 17.8. The van der Waals surface area contributed by atoms with Gasteiger partial charge in [0.15, 0.2) is 0 Å². The number of ether oxygens (including phenoxy) is 1. The Morgan fingerprint density at radius 2 is 1.81 bits per heavy atom. The van der Waals surface area contributed by atoms with Crippen LogP contribution in [0.5, 0.6) is 5.75 Å². The van der Waals surface area contributed by atoms with Crippen molar-refractivity contribution in [1.82, 2.24) is 10.2 Å².